The molecular formula is C14H26O2Si. The highest BCUT2D eigenvalue weighted by atomic mass is 28.4. The molecule has 2 nitrogen and oxygen atoms in total. The maximum absolute atomic E-state index is 11.9. The van der Waals surface area contributed by atoms with Crippen molar-refractivity contribution in [1.82, 2.24) is 0 Å². The minimum Gasteiger partial charge on any atom is -0.413 e. The number of carbonyl (C=O) groups is 1. The third-order valence-electron chi connectivity index (χ3n) is 5.11. The Bertz CT molecular complexity index is 317. The van der Waals surface area contributed by atoms with Crippen LogP contribution < -0.4 is 0 Å². The van der Waals surface area contributed by atoms with Gasteiger partial charge in [0.15, 0.2) is 8.32 Å². The molecule has 0 N–H and O–H groups in total. The van der Waals surface area contributed by atoms with Gasteiger partial charge in [-0.2, -0.15) is 0 Å². The van der Waals surface area contributed by atoms with Crippen molar-refractivity contribution in [3.8, 4) is 0 Å². The van der Waals surface area contributed by atoms with Crippen molar-refractivity contribution in [1.29, 1.82) is 0 Å². The molecule has 0 spiro atoms. The molecule has 0 heterocycles. The second-order valence-corrected chi connectivity index (χ2v) is 12.1. The third kappa shape index (κ3) is 2.50. The Morgan fingerprint density at radius 1 is 1.24 bits per heavy atom. The Labute approximate surface area is 106 Å². The fourth-order valence-corrected chi connectivity index (χ4v) is 4.26. The number of ketones is 1. The van der Waals surface area contributed by atoms with Crippen LogP contribution in [0.5, 0.6) is 0 Å². The zero-order valence-electron chi connectivity index (χ0n) is 11.9. The first-order valence-corrected chi connectivity index (χ1v) is 9.82. The highest BCUT2D eigenvalue weighted by Gasteiger charge is 2.46. The van der Waals surface area contributed by atoms with E-state index in [1.807, 2.05) is 0 Å². The second-order valence-electron chi connectivity index (χ2n) is 7.36. The van der Waals surface area contributed by atoms with E-state index < -0.39 is 8.32 Å². The van der Waals surface area contributed by atoms with Crippen molar-refractivity contribution >= 4 is 14.1 Å². The summed E-state index contributed by atoms with van der Waals surface area (Å²) in [6.07, 6.45) is 4.32. The van der Waals surface area contributed by atoms with Crippen LogP contribution in [0.2, 0.25) is 18.1 Å². The van der Waals surface area contributed by atoms with E-state index in [1.54, 1.807) is 0 Å². The molecule has 3 heteroatoms. The average molecular weight is 254 g/mol. The molecule has 3 atom stereocenters. The number of Topliss-reactive ketones (excluding diaryl/α,β-unsaturated/α-hetero) is 1. The SMILES string of the molecule is CC(C)(C)[Si](C)(C)O[C@H]1CC(=O)[C@H]2CC[C@@H]1C2. The lowest BCUT2D eigenvalue weighted by atomic mass is 9.86. The van der Waals surface area contributed by atoms with Gasteiger partial charge in [-0.05, 0) is 43.3 Å². The largest absolute Gasteiger partial charge is 0.413 e. The molecular weight excluding hydrogens is 228 g/mol. The van der Waals surface area contributed by atoms with E-state index in [0.29, 0.717) is 24.0 Å². The third-order valence-corrected chi connectivity index (χ3v) is 9.61. The monoisotopic (exact) mass is 254 g/mol. The van der Waals surface area contributed by atoms with Gasteiger partial charge in [0.2, 0.25) is 0 Å². The van der Waals surface area contributed by atoms with Crippen molar-refractivity contribution in [2.45, 2.75) is 70.7 Å². The van der Waals surface area contributed by atoms with Gasteiger partial charge in [0.1, 0.15) is 5.78 Å². The van der Waals surface area contributed by atoms with Crippen molar-refractivity contribution in [2.75, 3.05) is 0 Å². The van der Waals surface area contributed by atoms with Gasteiger partial charge in [0, 0.05) is 12.3 Å². The molecule has 0 aromatic rings. The maximum Gasteiger partial charge on any atom is 0.192 e. The zero-order chi connectivity index (χ0) is 12.8. The fraction of sp³-hybridized carbons (Fsp3) is 0.929. The molecule has 0 aliphatic heterocycles. The minimum absolute atomic E-state index is 0.224. The van der Waals surface area contributed by atoms with E-state index in [-0.39, 0.29) is 11.1 Å². The summed E-state index contributed by atoms with van der Waals surface area (Å²) in [6, 6.07) is 0. The Morgan fingerprint density at radius 3 is 2.47 bits per heavy atom. The summed E-state index contributed by atoms with van der Waals surface area (Å²) in [7, 11) is -1.71. The van der Waals surface area contributed by atoms with Gasteiger partial charge in [0.25, 0.3) is 0 Å². The van der Waals surface area contributed by atoms with Crippen molar-refractivity contribution in [2.24, 2.45) is 11.8 Å². The molecule has 2 bridgehead atoms. The van der Waals surface area contributed by atoms with E-state index in [0.717, 1.165) is 12.8 Å². The molecule has 0 radical (unpaired) electrons. The molecule has 2 aliphatic carbocycles. The molecule has 0 aromatic carbocycles. The normalized spacial score (nSPS) is 34.2. The Kier molecular flexibility index (Phi) is 3.28. The lowest BCUT2D eigenvalue weighted by Gasteiger charge is -2.41. The summed E-state index contributed by atoms with van der Waals surface area (Å²) in [5, 5.41) is 0.242. The quantitative estimate of drug-likeness (QED) is 0.701. The number of fused-ring (bicyclic) bond motifs is 2. The van der Waals surface area contributed by atoms with Crippen molar-refractivity contribution in [3.05, 3.63) is 0 Å². The van der Waals surface area contributed by atoms with Gasteiger partial charge in [-0.15, -0.1) is 0 Å². The first kappa shape index (κ1) is 13.3. The summed E-state index contributed by atoms with van der Waals surface area (Å²) < 4.78 is 6.46. The average Bonchev–Trinajstić information content (AvgIpc) is 2.57. The first-order chi connectivity index (χ1) is 7.71. The summed E-state index contributed by atoms with van der Waals surface area (Å²) in [5.41, 5.74) is 0. The van der Waals surface area contributed by atoms with E-state index in [4.69, 9.17) is 4.43 Å². The predicted octanol–water partition coefficient (Wildman–Crippen LogP) is 3.77. The van der Waals surface area contributed by atoms with E-state index in [2.05, 4.69) is 33.9 Å². The van der Waals surface area contributed by atoms with Crippen LogP contribution >= 0.6 is 0 Å². The molecule has 2 rings (SSSR count). The Hall–Kier alpha value is -0.153. The summed E-state index contributed by atoms with van der Waals surface area (Å²) in [6.45, 7) is 11.4. The number of hydrogen-bond donors (Lipinski definition) is 0. The molecule has 0 unspecified atom stereocenters. The lowest BCUT2D eigenvalue weighted by Crippen LogP contribution is -2.47. The molecule has 2 aliphatic rings. The molecule has 0 amide bonds. The van der Waals surface area contributed by atoms with Gasteiger partial charge in [-0.3, -0.25) is 4.79 Å². The van der Waals surface area contributed by atoms with Crippen LogP contribution in [-0.4, -0.2) is 20.2 Å². The van der Waals surface area contributed by atoms with Crippen LogP contribution in [0.4, 0.5) is 0 Å². The molecule has 2 saturated carbocycles. The second kappa shape index (κ2) is 4.20. The summed E-state index contributed by atoms with van der Waals surface area (Å²) in [5.74, 6) is 1.49. The zero-order valence-corrected chi connectivity index (χ0v) is 12.9. The smallest absolute Gasteiger partial charge is 0.192 e. The predicted molar refractivity (Wildman–Crippen MR) is 72.5 cm³/mol. The Morgan fingerprint density at radius 2 is 1.88 bits per heavy atom. The first-order valence-electron chi connectivity index (χ1n) is 6.91. The van der Waals surface area contributed by atoms with E-state index in [1.165, 1.54) is 6.42 Å². The van der Waals surface area contributed by atoms with E-state index in [9.17, 15) is 4.79 Å². The van der Waals surface area contributed by atoms with Gasteiger partial charge < -0.3 is 4.43 Å². The van der Waals surface area contributed by atoms with Crippen LogP contribution in [0.3, 0.4) is 0 Å². The van der Waals surface area contributed by atoms with Crippen LogP contribution in [-0.2, 0) is 9.22 Å². The number of hydrogen-bond acceptors (Lipinski definition) is 2. The number of rotatable bonds is 2. The van der Waals surface area contributed by atoms with Crippen molar-refractivity contribution in [3.63, 3.8) is 0 Å². The summed E-state index contributed by atoms with van der Waals surface area (Å²) in [4.78, 5) is 11.9. The van der Waals surface area contributed by atoms with Crippen LogP contribution in [0.25, 0.3) is 0 Å². The van der Waals surface area contributed by atoms with Crippen LogP contribution in [0.15, 0.2) is 0 Å². The van der Waals surface area contributed by atoms with Crippen LogP contribution in [0.1, 0.15) is 46.5 Å². The highest BCUT2D eigenvalue weighted by molar-refractivity contribution is 6.74. The van der Waals surface area contributed by atoms with Crippen LogP contribution in [0, 0.1) is 11.8 Å². The standard InChI is InChI=1S/C14H26O2Si/c1-14(2,3)17(4,5)16-13-9-12(15)10-6-7-11(13)8-10/h10-11,13H,6-9H2,1-5H3/t10-,11+,13-/m0/s1. The van der Waals surface area contributed by atoms with Gasteiger partial charge in [-0.1, -0.05) is 20.8 Å². The van der Waals surface area contributed by atoms with Crippen molar-refractivity contribution < 1.29 is 9.22 Å². The molecule has 98 valence electrons. The molecule has 2 fully saturated rings. The lowest BCUT2D eigenvalue weighted by molar-refractivity contribution is -0.127. The van der Waals surface area contributed by atoms with E-state index >= 15 is 0 Å². The molecule has 0 aromatic heterocycles. The molecule has 0 saturated heterocycles. The van der Waals surface area contributed by atoms with Gasteiger partial charge in [-0.25, -0.2) is 0 Å². The maximum atomic E-state index is 11.9. The topological polar surface area (TPSA) is 26.3 Å². The minimum atomic E-state index is -1.71. The highest BCUT2D eigenvalue weighted by Crippen LogP contribution is 2.45. The summed E-state index contributed by atoms with van der Waals surface area (Å²) >= 11 is 0. The number of carbonyl (C=O) groups excluding carboxylic acids is 1. The van der Waals surface area contributed by atoms with Gasteiger partial charge >= 0.3 is 0 Å². The fourth-order valence-electron chi connectivity index (χ4n) is 2.87. The molecule has 17 heavy (non-hydrogen) atoms. The Balaban J connectivity index is 2.06. The van der Waals surface area contributed by atoms with Gasteiger partial charge in [0.05, 0.1) is 6.10 Å².